The van der Waals surface area contributed by atoms with Crippen LogP contribution in [0.2, 0.25) is 5.02 Å². The van der Waals surface area contributed by atoms with E-state index >= 15 is 0 Å². The van der Waals surface area contributed by atoms with E-state index in [-0.39, 0.29) is 0 Å². The van der Waals surface area contributed by atoms with Crippen LogP contribution < -0.4 is 5.73 Å². The first-order valence-electron chi connectivity index (χ1n) is 3.41. The molecule has 0 aliphatic heterocycles. The third kappa shape index (κ3) is 2.76. The highest BCUT2D eigenvalue weighted by molar-refractivity contribution is 6.30. The standard InChI is InChI=1S/C9H8ClNO/c10-8-3-1-2-7(6-8)4-5-9(11)12/h1-6H,(H2,11,12)/b5-4-. The molecule has 1 aromatic rings. The Bertz CT molecular complexity index is 320. The Balaban J connectivity index is 2.83. The van der Waals surface area contributed by atoms with E-state index in [1.54, 1.807) is 18.2 Å². The first-order valence-corrected chi connectivity index (χ1v) is 3.79. The topological polar surface area (TPSA) is 43.1 Å². The van der Waals surface area contributed by atoms with Gasteiger partial charge in [-0.3, -0.25) is 4.79 Å². The Kier molecular flexibility index (Phi) is 2.88. The predicted molar refractivity (Wildman–Crippen MR) is 49.7 cm³/mol. The Morgan fingerprint density at radius 3 is 2.83 bits per heavy atom. The van der Waals surface area contributed by atoms with Gasteiger partial charge in [0, 0.05) is 11.1 Å². The van der Waals surface area contributed by atoms with Crippen LogP contribution in [0.5, 0.6) is 0 Å². The van der Waals surface area contributed by atoms with E-state index in [0.29, 0.717) is 5.02 Å². The van der Waals surface area contributed by atoms with Crippen molar-refractivity contribution in [3.05, 3.63) is 40.9 Å². The second kappa shape index (κ2) is 3.93. The lowest BCUT2D eigenvalue weighted by Gasteiger charge is -1.92. The van der Waals surface area contributed by atoms with Crippen LogP contribution in [0, 0.1) is 0 Å². The van der Waals surface area contributed by atoms with Crippen molar-refractivity contribution in [2.75, 3.05) is 0 Å². The average Bonchev–Trinajstić information content (AvgIpc) is 2.01. The van der Waals surface area contributed by atoms with Crippen molar-refractivity contribution in [2.24, 2.45) is 5.73 Å². The number of rotatable bonds is 2. The highest BCUT2D eigenvalue weighted by Crippen LogP contribution is 2.11. The van der Waals surface area contributed by atoms with Gasteiger partial charge >= 0.3 is 0 Å². The van der Waals surface area contributed by atoms with Gasteiger partial charge in [-0.1, -0.05) is 23.7 Å². The van der Waals surface area contributed by atoms with E-state index in [1.165, 1.54) is 6.08 Å². The van der Waals surface area contributed by atoms with Crippen LogP contribution in [-0.2, 0) is 4.79 Å². The van der Waals surface area contributed by atoms with Crippen LogP contribution in [-0.4, -0.2) is 5.91 Å². The number of carbonyl (C=O) groups is 1. The summed E-state index contributed by atoms with van der Waals surface area (Å²) < 4.78 is 0. The van der Waals surface area contributed by atoms with Gasteiger partial charge in [-0.15, -0.1) is 0 Å². The second-order valence-electron chi connectivity index (χ2n) is 2.29. The third-order valence-electron chi connectivity index (χ3n) is 1.29. The zero-order valence-corrected chi connectivity index (χ0v) is 7.08. The van der Waals surface area contributed by atoms with Crippen molar-refractivity contribution < 1.29 is 4.79 Å². The Hall–Kier alpha value is -1.28. The first-order chi connectivity index (χ1) is 5.68. The Morgan fingerprint density at radius 1 is 1.50 bits per heavy atom. The molecule has 0 aliphatic carbocycles. The van der Waals surface area contributed by atoms with Crippen LogP contribution >= 0.6 is 11.6 Å². The molecule has 0 spiro atoms. The van der Waals surface area contributed by atoms with Gasteiger partial charge in [0.05, 0.1) is 0 Å². The molecule has 0 saturated heterocycles. The smallest absolute Gasteiger partial charge is 0.241 e. The van der Waals surface area contributed by atoms with Gasteiger partial charge < -0.3 is 5.73 Å². The maximum Gasteiger partial charge on any atom is 0.241 e. The van der Waals surface area contributed by atoms with Crippen LogP contribution in [0.1, 0.15) is 5.56 Å². The maximum atomic E-state index is 10.4. The molecule has 0 fully saturated rings. The molecular formula is C9H8ClNO. The summed E-state index contributed by atoms with van der Waals surface area (Å²) in [4.78, 5) is 10.4. The highest BCUT2D eigenvalue weighted by Gasteiger charge is 1.89. The number of amides is 1. The molecule has 0 radical (unpaired) electrons. The van der Waals surface area contributed by atoms with Crippen molar-refractivity contribution in [3.8, 4) is 0 Å². The second-order valence-corrected chi connectivity index (χ2v) is 2.73. The summed E-state index contributed by atoms with van der Waals surface area (Å²) >= 11 is 5.71. The number of hydrogen-bond donors (Lipinski definition) is 1. The van der Waals surface area contributed by atoms with Crippen molar-refractivity contribution in [1.29, 1.82) is 0 Å². The van der Waals surface area contributed by atoms with E-state index in [0.717, 1.165) is 5.56 Å². The quantitative estimate of drug-likeness (QED) is 0.696. The maximum absolute atomic E-state index is 10.4. The minimum Gasteiger partial charge on any atom is -0.366 e. The average molecular weight is 182 g/mol. The number of primary amides is 1. The molecule has 2 nitrogen and oxygen atoms in total. The molecule has 0 saturated carbocycles. The summed E-state index contributed by atoms with van der Waals surface area (Å²) in [6, 6.07) is 7.17. The van der Waals surface area contributed by atoms with E-state index in [9.17, 15) is 4.79 Å². The molecule has 0 heterocycles. The van der Waals surface area contributed by atoms with Crippen LogP contribution in [0.25, 0.3) is 6.08 Å². The third-order valence-corrected chi connectivity index (χ3v) is 1.52. The Morgan fingerprint density at radius 2 is 2.25 bits per heavy atom. The van der Waals surface area contributed by atoms with Crippen LogP contribution in [0.15, 0.2) is 30.3 Å². The number of benzene rings is 1. The van der Waals surface area contributed by atoms with Crippen molar-refractivity contribution in [3.63, 3.8) is 0 Å². The normalized spacial score (nSPS) is 10.4. The fourth-order valence-corrected chi connectivity index (χ4v) is 0.987. The molecule has 1 aromatic carbocycles. The fourth-order valence-electron chi connectivity index (χ4n) is 0.789. The van der Waals surface area contributed by atoms with Crippen LogP contribution in [0.3, 0.4) is 0 Å². The lowest BCUT2D eigenvalue weighted by molar-refractivity contribution is -0.113. The summed E-state index contributed by atoms with van der Waals surface area (Å²) in [5.41, 5.74) is 5.78. The number of hydrogen-bond acceptors (Lipinski definition) is 1. The minimum atomic E-state index is -0.463. The van der Waals surface area contributed by atoms with Crippen molar-refractivity contribution in [2.45, 2.75) is 0 Å². The van der Waals surface area contributed by atoms with Gasteiger partial charge in [0.2, 0.25) is 5.91 Å². The number of halogens is 1. The highest BCUT2D eigenvalue weighted by atomic mass is 35.5. The first kappa shape index (κ1) is 8.81. The molecular weight excluding hydrogens is 174 g/mol. The fraction of sp³-hybridized carbons (Fsp3) is 0. The van der Waals surface area contributed by atoms with E-state index in [2.05, 4.69) is 0 Å². The van der Waals surface area contributed by atoms with Crippen LogP contribution in [0.4, 0.5) is 0 Å². The summed E-state index contributed by atoms with van der Waals surface area (Å²) in [6.07, 6.45) is 2.92. The van der Waals surface area contributed by atoms with Gasteiger partial charge in [0.15, 0.2) is 0 Å². The van der Waals surface area contributed by atoms with Gasteiger partial charge in [0.1, 0.15) is 0 Å². The molecule has 0 unspecified atom stereocenters. The van der Waals surface area contributed by atoms with Gasteiger partial charge in [-0.05, 0) is 23.8 Å². The Labute approximate surface area is 75.6 Å². The van der Waals surface area contributed by atoms with Gasteiger partial charge in [-0.2, -0.15) is 0 Å². The lowest BCUT2D eigenvalue weighted by Crippen LogP contribution is -2.04. The van der Waals surface area contributed by atoms with Crippen molar-refractivity contribution in [1.82, 2.24) is 0 Å². The molecule has 3 heteroatoms. The molecule has 0 atom stereocenters. The van der Waals surface area contributed by atoms with Crippen molar-refractivity contribution >= 4 is 23.6 Å². The number of carbonyl (C=O) groups excluding carboxylic acids is 1. The molecule has 12 heavy (non-hydrogen) atoms. The SMILES string of the molecule is NC(=O)/C=C\c1cccc(Cl)c1. The summed E-state index contributed by atoms with van der Waals surface area (Å²) in [7, 11) is 0. The van der Waals surface area contributed by atoms with E-state index < -0.39 is 5.91 Å². The number of nitrogens with two attached hydrogens (primary N) is 1. The summed E-state index contributed by atoms with van der Waals surface area (Å²) in [5.74, 6) is -0.463. The van der Waals surface area contributed by atoms with E-state index in [4.69, 9.17) is 17.3 Å². The molecule has 62 valence electrons. The molecule has 0 bridgehead atoms. The molecule has 2 N–H and O–H groups in total. The van der Waals surface area contributed by atoms with Gasteiger partial charge in [-0.25, -0.2) is 0 Å². The largest absolute Gasteiger partial charge is 0.366 e. The summed E-state index contributed by atoms with van der Waals surface area (Å²) in [6.45, 7) is 0. The molecule has 1 rings (SSSR count). The summed E-state index contributed by atoms with van der Waals surface area (Å²) in [5, 5.41) is 0.640. The zero-order valence-electron chi connectivity index (χ0n) is 6.33. The minimum absolute atomic E-state index is 0.463. The zero-order chi connectivity index (χ0) is 8.97. The molecule has 0 aromatic heterocycles. The molecule has 1 amide bonds. The van der Waals surface area contributed by atoms with Gasteiger partial charge in [0.25, 0.3) is 0 Å². The lowest BCUT2D eigenvalue weighted by atomic mass is 10.2. The predicted octanol–water partition coefficient (Wildman–Crippen LogP) is 1.84. The van der Waals surface area contributed by atoms with E-state index in [1.807, 2.05) is 12.1 Å². The molecule has 0 aliphatic rings. The monoisotopic (exact) mass is 181 g/mol.